The minimum absolute atomic E-state index is 0.154. The van der Waals surface area contributed by atoms with Gasteiger partial charge in [0.1, 0.15) is 5.78 Å². The van der Waals surface area contributed by atoms with E-state index in [1.54, 1.807) is 0 Å². The number of rotatable bonds is 12. The van der Waals surface area contributed by atoms with Gasteiger partial charge in [-0.25, -0.2) is 0 Å². The largest absolute Gasteiger partial charge is 0.469 e. The lowest BCUT2D eigenvalue weighted by molar-refractivity contribution is -0.140. The molecule has 1 unspecified atom stereocenters. The second kappa shape index (κ2) is 11.1. The summed E-state index contributed by atoms with van der Waals surface area (Å²) in [7, 11) is 3.27. The summed E-state index contributed by atoms with van der Waals surface area (Å²) in [6.07, 6.45) is 15.6. The van der Waals surface area contributed by atoms with E-state index < -0.39 is 0 Å². The first kappa shape index (κ1) is 23.1. The molecule has 2 rings (SSSR count). The van der Waals surface area contributed by atoms with E-state index in [0.29, 0.717) is 35.6 Å². The molecule has 4 atom stereocenters. The van der Waals surface area contributed by atoms with Crippen LogP contribution in [0.5, 0.6) is 0 Å². The molecule has 0 aliphatic heterocycles. The highest BCUT2D eigenvalue weighted by Gasteiger charge is 2.41. The molecule has 2 fully saturated rings. The highest BCUT2D eigenvalue weighted by molar-refractivity contribution is 5.84. The predicted molar refractivity (Wildman–Crippen MR) is 112 cm³/mol. The molecule has 0 aromatic heterocycles. The van der Waals surface area contributed by atoms with Crippen LogP contribution in [-0.2, 0) is 19.1 Å². The highest BCUT2D eigenvalue weighted by Crippen LogP contribution is 2.46. The Bertz CT molecular complexity index is 535. The van der Waals surface area contributed by atoms with Crippen molar-refractivity contribution in [3.63, 3.8) is 0 Å². The zero-order valence-corrected chi connectivity index (χ0v) is 18.4. The van der Waals surface area contributed by atoms with Gasteiger partial charge in [-0.15, -0.1) is 0 Å². The van der Waals surface area contributed by atoms with Crippen LogP contribution in [0.15, 0.2) is 12.2 Å². The van der Waals surface area contributed by atoms with E-state index in [0.717, 1.165) is 44.9 Å². The van der Waals surface area contributed by atoms with Crippen molar-refractivity contribution < 1.29 is 19.1 Å². The molecule has 0 heterocycles. The van der Waals surface area contributed by atoms with Crippen molar-refractivity contribution in [1.82, 2.24) is 0 Å². The van der Waals surface area contributed by atoms with E-state index in [9.17, 15) is 9.59 Å². The Hall–Kier alpha value is -1.16. The lowest BCUT2D eigenvalue weighted by atomic mass is 9.65. The normalized spacial score (nSPS) is 27.7. The molecule has 0 bridgehead atoms. The summed E-state index contributed by atoms with van der Waals surface area (Å²) in [5.41, 5.74) is 0.373. The Labute approximate surface area is 171 Å². The van der Waals surface area contributed by atoms with Crippen molar-refractivity contribution in [3.05, 3.63) is 12.2 Å². The number of hydrogen-bond acceptors (Lipinski definition) is 4. The minimum atomic E-state index is -0.154. The number of carbonyl (C=O) groups excluding carboxylic acids is 2. The van der Waals surface area contributed by atoms with Crippen LogP contribution in [0, 0.1) is 23.2 Å². The van der Waals surface area contributed by atoms with Gasteiger partial charge in [0.05, 0.1) is 13.2 Å². The highest BCUT2D eigenvalue weighted by atomic mass is 16.5. The Kier molecular flexibility index (Phi) is 9.20. The molecule has 0 saturated heterocycles. The van der Waals surface area contributed by atoms with Crippen molar-refractivity contribution in [2.75, 3.05) is 14.2 Å². The van der Waals surface area contributed by atoms with Gasteiger partial charge >= 0.3 is 5.97 Å². The van der Waals surface area contributed by atoms with Crippen LogP contribution in [0.25, 0.3) is 0 Å². The second-order valence-corrected chi connectivity index (χ2v) is 9.26. The number of unbranched alkanes of at least 4 members (excludes halogenated alkanes) is 1. The molecule has 4 heteroatoms. The molecule has 2 aliphatic rings. The average molecular weight is 393 g/mol. The van der Waals surface area contributed by atoms with E-state index >= 15 is 0 Å². The topological polar surface area (TPSA) is 52.6 Å². The van der Waals surface area contributed by atoms with Crippen molar-refractivity contribution in [2.24, 2.45) is 23.2 Å². The molecule has 0 aromatic carbocycles. The first-order valence-corrected chi connectivity index (χ1v) is 11.2. The molecule has 2 saturated carbocycles. The molecule has 0 amide bonds. The molecular weight excluding hydrogens is 352 g/mol. The number of ketones is 1. The van der Waals surface area contributed by atoms with E-state index in [1.807, 2.05) is 7.11 Å². The maximum Gasteiger partial charge on any atom is 0.305 e. The van der Waals surface area contributed by atoms with E-state index in [4.69, 9.17) is 4.74 Å². The molecule has 0 aromatic rings. The first-order chi connectivity index (χ1) is 13.4. The molecular formula is C24H40O4. The summed E-state index contributed by atoms with van der Waals surface area (Å²) in [4.78, 5) is 23.6. The van der Waals surface area contributed by atoms with Crippen LogP contribution in [0.3, 0.4) is 0 Å². The number of Topliss-reactive ketones (excluding diaryl/α,β-unsaturated/α-hetero) is 1. The van der Waals surface area contributed by atoms with Crippen LogP contribution >= 0.6 is 0 Å². The van der Waals surface area contributed by atoms with Crippen molar-refractivity contribution in [3.8, 4) is 0 Å². The monoisotopic (exact) mass is 392 g/mol. The number of ether oxygens (including phenoxy) is 2. The third-order valence-corrected chi connectivity index (χ3v) is 7.28. The number of esters is 1. The maximum atomic E-state index is 12.5. The second-order valence-electron chi connectivity index (χ2n) is 9.26. The molecule has 0 radical (unpaired) electrons. The smallest absolute Gasteiger partial charge is 0.305 e. The summed E-state index contributed by atoms with van der Waals surface area (Å²) in [6.45, 7) is 4.60. The summed E-state index contributed by atoms with van der Waals surface area (Å²) in [5, 5.41) is 0. The van der Waals surface area contributed by atoms with Gasteiger partial charge in [-0.2, -0.15) is 0 Å². The molecule has 160 valence electrons. The van der Waals surface area contributed by atoms with E-state index in [-0.39, 0.29) is 11.9 Å². The van der Waals surface area contributed by atoms with Crippen LogP contribution in [0.1, 0.15) is 84.5 Å². The Morgan fingerprint density at radius 2 is 2.00 bits per heavy atom. The molecule has 28 heavy (non-hydrogen) atoms. The third kappa shape index (κ3) is 6.17. The summed E-state index contributed by atoms with van der Waals surface area (Å²) >= 11 is 0. The Morgan fingerprint density at radius 1 is 1.25 bits per heavy atom. The maximum absolute atomic E-state index is 12.5. The summed E-state index contributed by atoms with van der Waals surface area (Å²) in [5.74, 6) is 1.45. The summed E-state index contributed by atoms with van der Waals surface area (Å²) in [6, 6.07) is 0. The van der Waals surface area contributed by atoms with Gasteiger partial charge in [0, 0.05) is 25.9 Å². The van der Waals surface area contributed by atoms with Gasteiger partial charge in [-0.3, -0.25) is 9.59 Å². The number of methoxy groups -OCH3 is 2. The van der Waals surface area contributed by atoms with Crippen LogP contribution in [0.2, 0.25) is 0 Å². The van der Waals surface area contributed by atoms with E-state index in [1.165, 1.54) is 26.4 Å². The molecule has 2 aliphatic carbocycles. The molecule has 4 nitrogen and oxygen atoms in total. The fourth-order valence-corrected chi connectivity index (χ4v) is 5.22. The van der Waals surface area contributed by atoms with E-state index in [2.05, 4.69) is 30.7 Å². The SMILES string of the molecule is COC(=O)CCC/C=C\C[C@H]1C(=O)C[C@@H](C)[C@@H]1CCCC(OC)C1(C)CCC1. The van der Waals surface area contributed by atoms with Crippen molar-refractivity contribution >= 4 is 11.8 Å². The molecule has 0 N–H and O–H groups in total. The quantitative estimate of drug-likeness (QED) is 0.250. The number of hydrogen-bond donors (Lipinski definition) is 0. The predicted octanol–water partition coefficient (Wildman–Crippen LogP) is 5.49. The van der Waals surface area contributed by atoms with Crippen molar-refractivity contribution in [1.29, 1.82) is 0 Å². The van der Waals surface area contributed by atoms with Gasteiger partial charge < -0.3 is 9.47 Å². The van der Waals surface area contributed by atoms with Gasteiger partial charge in [0.2, 0.25) is 0 Å². The fraction of sp³-hybridized carbons (Fsp3) is 0.833. The average Bonchev–Trinajstić information content (AvgIpc) is 2.92. The lowest BCUT2D eigenvalue weighted by Gasteiger charge is -2.44. The summed E-state index contributed by atoms with van der Waals surface area (Å²) < 4.78 is 10.5. The van der Waals surface area contributed by atoms with Gasteiger partial charge in [0.15, 0.2) is 0 Å². The van der Waals surface area contributed by atoms with Crippen molar-refractivity contribution in [2.45, 2.75) is 90.6 Å². The zero-order chi connectivity index (χ0) is 20.6. The fourth-order valence-electron chi connectivity index (χ4n) is 5.22. The number of allylic oxidation sites excluding steroid dienone is 2. The van der Waals surface area contributed by atoms with Gasteiger partial charge in [-0.1, -0.05) is 38.8 Å². The Morgan fingerprint density at radius 3 is 2.61 bits per heavy atom. The first-order valence-electron chi connectivity index (χ1n) is 11.2. The van der Waals surface area contributed by atoms with Gasteiger partial charge in [0.25, 0.3) is 0 Å². The minimum Gasteiger partial charge on any atom is -0.469 e. The number of carbonyl (C=O) groups is 2. The van der Waals surface area contributed by atoms with Crippen LogP contribution < -0.4 is 0 Å². The zero-order valence-electron chi connectivity index (χ0n) is 18.4. The van der Waals surface area contributed by atoms with Crippen LogP contribution in [-0.4, -0.2) is 32.1 Å². The third-order valence-electron chi connectivity index (χ3n) is 7.28. The van der Waals surface area contributed by atoms with Gasteiger partial charge in [-0.05, 0) is 62.2 Å². The Balaban J connectivity index is 1.76. The van der Waals surface area contributed by atoms with Crippen LogP contribution in [0.4, 0.5) is 0 Å². The lowest BCUT2D eigenvalue weighted by Crippen LogP contribution is -2.39. The molecule has 0 spiro atoms. The standard InChI is InChI=1S/C24H40O4/c1-18-17-21(25)20(11-7-5-6-8-14-23(26)28-4)19(18)12-9-13-22(27-3)24(2)15-10-16-24/h5,7,18-20,22H,6,8-17H2,1-4H3/b7-5-/t18-,19+,20-,22?/m1/s1.